The summed E-state index contributed by atoms with van der Waals surface area (Å²) in [5.41, 5.74) is 0.763. The second kappa shape index (κ2) is 8.41. The van der Waals surface area contributed by atoms with Gasteiger partial charge in [0.15, 0.2) is 31.2 Å². The Morgan fingerprint density at radius 3 is 2.37 bits per heavy atom. The van der Waals surface area contributed by atoms with Crippen LogP contribution in [0.4, 0.5) is 10.1 Å². The molecule has 0 aliphatic heterocycles. The van der Waals surface area contributed by atoms with Crippen LogP contribution in [0.2, 0.25) is 0 Å². The number of aromatic nitrogens is 1. The van der Waals surface area contributed by atoms with E-state index in [1.165, 1.54) is 30.5 Å². The van der Waals surface area contributed by atoms with Crippen LogP contribution in [-0.2, 0) is 26.2 Å². The predicted molar refractivity (Wildman–Crippen MR) is 111 cm³/mol. The van der Waals surface area contributed by atoms with Gasteiger partial charge in [0.05, 0.1) is 21.7 Å². The summed E-state index contributed by atoms with van der Waals surface area (Å²) in [7, 11) is -7.26. The summed E-state index contributed by atoms with van der Waals surface area (Å²) < 4.78 is 67.5. The number of ether oxygens (including phenoxy) is 1. The zero-order valence-corrected chi connectivity index (χ0v) is 17.8. The van der Waals surface area contributed by atoms with E-state index in [0.29, 0.717) is 11.3 Å². The molecule has 1 heterocycles. The fraction of sp³-hybridized carbons (Fsp3) is 0.150. The Kier molecular flexibility index (Phi) is 6.09. The van der Waals surface area contributed by atoms with Crippen molar-refractivity contribution in [3.05, 3.63) is 72.3 Å². The normalized spacial score (nSPS) is 11.8. The molecule has 0 spiro atoms. The molecule has 1 N–H and O–H groups in total. The minimum Gasteiger partial charge on any atom is -0.453 e. The molecule has 10 heteroatoms. The lowest BCUT2D eigenvalue weighted by molar-refractivity contribution is 0.440. The second-order valence-electron chi connectivity index (χ2n) is 6.61. The number of sulfone groups is 2. The highest BCUT2D eigenvalue weighted by Gasteiger charge is 2.18. The summed E-state index contributed by atoms with van der Waals surface area (Å²) in [6, 6.07) is 11.5. The van der Waals surface area contributed by atoms with Crippen LogP contribution >= 0.6 is 0 Å². The topological polar surface area (TPSA) is 102 Å². The van der Waals surface area contributed by atoms with Crippen molar-refractivity contribution in [2.75, 3.05) is 17.8 Å². The zero-order chi connectivity index (χ0) is 21.9. The van der Waals surface area contributed by atoms with Crippen LogP contribution in [0.3, 0.4) is 0 Å². The molecule has 0 aliphatic rings. The van der Waals surface area contributed by atoms with E-state index >= 15 is 0 Å². The Balaban J connectivity index is 1.81. The van der Waals surface area contributed by atoms with Crippen molar-refractivity contribution in [2.45, 2.75) is 16.3 Å². The van der Waals surface area contributed by atoms with Gasteiger partial charge in [0.2, 0.25) is 0 Å². The molecule has 30 heavy (non-hydrogen) atoms. The van der Waals surface area contributed by atoms with E-state index in [1.54, 1.807) is 24.4 Å². The summed E-state index contributed by atoms with van der Waals surface area (Å²) in [5, 5.41) is 2.92. The van der Waals surface area contributed by atoms with Crippen molar-refractivity contribution < 1.29 is 26.0 Å². The molecule has 0 atom stereocenters. The van der Waals surface area contributed by atoms with Gasteiger partial charge in [0, 0.05) is 25.3 Å². The Bertz CT molecular complexity index is 1280. The highest BCUT2D eigenvalue weighted by molar-refractivity contribution is 7.91. The Morgan fingerprint density at radius 2 is 1.77 bits per heavy atom. The molecule has 0 amide bonds. The predicted octanol–water partition coefficient (Wildman–Crippen LogP) is 3.43. The number of halogens is 1. The van der Waals surface area contributed by atoms with E-state index in [0.717, 1.165) is 18.6 Å². The summed E-state index contributed by atoms with van der Waals surface area (Å²) in [6.07, 6.45) is 5.02. The molecule has 0 fully saturated rings. The van der Waals surface area contributed by atoms with Gasteiger partial charge in [-0.25, -0.2) is 21.2 Å². The summed E-state index contributed by atoms with van der Waals surface area (Å²) in [6.45, 7) is 0.116. The van der Waals surface area contributed by atoms with Crippen LogP contribution in [0.5, 0.6) is 11.5 Å². The molecule has 0 saturated carbocycles. The monoisotopic (exact) mass is 450 g/mol. The number of nitrogens with zero attached hydrogens (tertiary/aromatic N) is 1. The smallest absolute Gasteiger partial charge is 0.177 e. The van der Waals surface area contributed by atoms with Gasteiger partial charge in [-0.3, -0.25) is 4.98 Å². The highest BCUT2D eigenvalue weighted by Crippen LogP contribution is 2.27. The third-order valence-electron chi connectivity index (χ3n) is 4.12. The number of pyridine rings is 1. The first kappa shape index (κ1) is 21.7. The molecule has 0 unspecified atom stereocenters. The van der Waals surface area contributed by atoms with Crippen LogP contribution in [0.1, 0.15) is 5.56 Å². The second-order valence-corrected chi connectivity index (χ2v) is 10.6. The lowest BCUT2D eigenvalue weighted by atomic mass is 10.2. The average Bonchev–Trinajstić information content (AvgIpc) is 2.67. The summed E-state index contributed by atoms with van der Waals surface area (Å²) in [4.78, 5) is 3.65. The van der Waals surface area contributed by atoms with Gasteiger partial charge in [-0.05, 0) is 48.0 Å². The largest absolute Gasteiger partial charge is 0.453 e. The molecule has 3 aromatic rings. The van der Waals surface area contributed by atoms with Crippen molar-refractivity contribution in [1.29, 1.82) is 0 Å². The van der Waals surface area contributed by atoms with Crippen LogP contribution in [-0.4, -0.2) is 34.3 Å². The molecular weight excluding hydrogens is 431 g/mol. The standard InChI is InChI=1S/C20H19FN2O5S2/c1-29(24,25)16-6-7-18(20(11-16)30(2,26)27)23-12-14-5-8-19(17(21)10-14)28-15-4-3-9-22-13-15/h3-11,13,23H,12H2,1-2H3. The van der Waals surface area contributed by atoms with Gasteiger partial charge in [-0.2, -0.15) is 0 Å². The third-order valence-corrected chi connectivity index (χ3v) is 6.37. The quantitative estimate of drug-likeness (QED) is 0.588. The summed E-state index contributed by atoms with van der Waals surface area (Å²) in [5.74, 6) is -0.166. The van der Waals surface area contributed by atoms with Crippen molar-refractivity contribution in [1.82, 2.24) is 4.98 Å². The van der Waals surface area contributed by atoms with Gasteiger partial charge in [0.1, 0.15) is 5.75 Å². The minimum absolute atomic E-state index is 0.0288. The van der Waals surface area contributed by atoms with Crippen LogP contribution < -0.4 is 10.1 Å². The third kappa shape index (κ3) is 5.33. The van der Waals surface area contributed by atoms with Crippen LogP contribution in [0.15, 0.2) is 70.7 Å². The number of nitrogens with one attached hydrogen (secondary N) is 1. The highest BCUT2D eigenvalue weighted by atomic mass is 32.2. The maximum Gasteiger partial charge on any atom is 0.177 e. The molecule has 0 aliphatic carbocycles. The fourth-order valence-corrected chi connectivity index (χ4v) is 4.26. The minimum atomic E-state index is -3.70. The molecule has 0 radical (unpaired) electrons. The lowest BCUT2D eigenvalue weighted by Gasteiger charge is -2.13. The zero-order valence-electron chi connectivity index (χ0n) is 16.2. The number of hydrogen-bond donors (Lipinski definition) is 1. The van der Waals surface area contributed by atoms with E-state index in [4.69, 9.17) is 4.74 Å². The summed E-state index contributed by atoms with van der Waals surface area (Å²) >= 11 is 0. The van der Waals surface area contributed by atoms with Crippen molar-refractivity contribution in [3.63, 3.8) is 0 Å². The SMILES string of the molecule is CS(=O)(=O)c1ccc(NCc2ccc(Oc3cccnc3)c(F)c2)c(S(C)(=O)=O)c1. The first-order chi connectivity index (χ1) is 14.0. The number of benzene rings is 2. The van der Waals surface area contributed by atoms with E-state index in [1.807, 2.05) is 0 Å². The molecule has 2 aromatic carbocycles. The van der Waals surface area contributed by atoms with Gasteiger partial charge >= 0.3 is 0 Å². The maximum absolute atomic E-state index is 14.4. The number of anilines is 1. The van der Waals surface area contributed by atoms with Gasteiger partial charge in [-0.15, -0.1) is 0 Å². The fourth-order valence-electron chi connectivity index (χ4n) is 2.65. The first-order valence-corrected chi connectivity index (χ1v) is 12.5. The Labute approximate surface area is 174 Å². The van der Waals surface area contributed by atoms with Gasteiger partial charge in [0.25, 0.3) is 0 Å². The van der Waals surface area contributed by atoms with E-state index in [9.17, 15) is 21.2 Å². The molecular formula is C20H19FN2O5S2. The number of hydrogen-bond acceptors (Lipinski definition) is 7. The van der Waals surface area contributed by atoms with E-state index in [2.05, 4.69) is 10.3 Å². The van der Waals surface area contributed by atoms with Crippen molar-refractivity contribution in [2.24, 2.45) is 0 Å². The Morgan fingerprint density at radius 1 is 1.00 bits per heavy atom. The maximum atomic E-state index is 14.4. The van der Waals surface area contributed by atoms with Gasteiger partial charge in [-0.1, -0.05) is 6.07 Å². The van der Waals surface area contributed by atoms with Gasteiger partial charge < -0.3 is 10.1 Å². The Hall–Kier alpha value is -2.98. The van der Waals surface area contributed by atoms with E-state index in [-0.39, 0.29) is 27.8 Å². The van der Waals surface area contributed by atoms with E-state index < -0.39 is 25.5 Å². The van der Waals surface area contributed by atoms with Crippen LogP contribution in [0.25, 0.3) is 0 Å². The molecule has 3 rings (SSSR count). The number of rotatable bonds is 7. The van der Waals surface area contributed by atoms with Crippen LogP contribution in [0, 0.1) is 5.82 Å². The average molecular weight is 451 g/mol. The lowest BCUT2D eigenvalue weighted by Crippen LogP contribution is -2.08. The molecule has 0 saturated heterocycles. The molecule has 0 bridgehead atoms. The molecule has 7 nitrogen and oxygen atoms in total. The molecule has 1 aromatic heterocycles. The van der Waals surface area contributed by atoms with Crippen molar-refractivity contribution >= 4 is 25.4 Å². The first-order valence-electron chi connectivity index (χ1n) is 8.68. The molecule has 158 valence electrons. The van der Waals surface area contributed by atoms with Crippen molar-refractivity contribution in [3.8, 4) is 11.5 Å².